The number of methoxy groups -OCH3 is 2. The van der Waals surface area contributed by atoms with Crippen LogP contribution < -0.4 is 24.7 Å². The van der Waals surface area contributed by atoms with Gasteiger partial charge in [-0.2, -0.15) is 10.5 Å². The molecule has 0 aliphatic rings. The van der Waals surface area contributed by atoms with E-state index in [0.717, 1.165) is 0 Å². The minimum atomic E-state index is -0.303. The standard InChI is InChI=1S/C14H10BrClN2O3.C14H12ClN3O3/c1-20-14-12(15)13(9(7-19)6-18-14)21-11-3-8(5-17)2-10(16)4-11;1-20-14-12(17)13(9(7-19)6-18-14)21-11-3-8(5-16)2-10(15)4-11/h2-4,6,19H,7H2,1H3;2-4,6,19H,7,17H2,1H3. The topological polar surface area (TPSA) is 177 Å². The Morgan fingerprint density at radius 2 is 1.24 bits per heavy atom. The summed E-state index contributed by atoms with van der Waals surface area (Å²) in [6.45, 7) is -0.557. The molecule has 0 bridgehead atoms. The van der Waals surface area contributed by atoms with Gasteiger partial charge in [0.25, 0.3) is 0 Å². The first-order valence-electron chi connectivity index (χ1n) is 11.7. The van der Waals surface area contributed by atoms with Crippen molar-refractivity contribution in [1.29, 1.82) is 10.5 Å². The summed E-state index contributed by atoms with van der Waals surface area (Å²) in [6.07, 6.45) is 2.86. The molecule has 2 aromatic carbocycles. The maximum atomic E-state index is 9.38. The molecule has 0 unspecified atom stereocenters. The number of nitrogens with two attached hydrogens (primary N) is 1. The molecular formula is C28H22BrCl2N5O6. The Hall–Kier alpha value is -4.30. The number of hydrogen-bond donors (Lipinski definition) is 3. The molecule has 42 heavy (non-hydrogen) atoms. The normalized spacial score (nSPS) is 10.0. The van der Waals surface area contributed by atoms with E-state index >= 15 is 0 Å². The van der Waals surface area contributed by atoms with E-state index < -0.39 is 0 Å². The zero-order valence-corrected chi connectivity index (χ0v) is 25.2. The first kappa shape index (κ1) is 32.2. The van der Waals surface area contributed by atoms with Crippen molar-refractivity contribution < 1.29 is 29.2 Å². The van der Waals surface area contributed by atoms with E-state index in [2.05, 4.69) is 25.9 Å². The number of nitrogens with zero attached hydrogens (tertiary/aromatic N) is 4. The van der Waals surface area contributed by atoms with E-state index in [1.165, 1.54) is 50.9 Å². The molecule has 4 N–H and O–H groups in total. The fourth-order valence-electron chi connectivity index (χ4n) is 3.39. The molecule has 14 heteroatoms. The summed E-state index contributed by atoms with van der Waals surface area (Å²) >= 11 is 15.2. The Bertz CT molecular complexity index is 1550. The van der Waals surface area contributed by atoms with Crippen LogP contribution in [-0.4, -0.2) is 34.4 Å². The van der Waals surface area contributed by atoms with Crippen molar-refractivity contribution in [3.8, 4) is 46.9 Å². The number of aromatic nitrogens is 2. The van der Waals surface area contributed by atoms with Crippen LogP contribution in [0.2, 0.25) is 10.0 Å². The van der Waals surface area contributed by atoms with Crippen LogP contribution in [0, 0.1) is 22.7 Å². The molecule has 0 radical (unpaired) electrons. The average molecular weight is 675 g/mol. The molecule has 2 aromatic heterocycles. The number of aliphatic hydroxyl groups is 2. The molecule has 216 valence electrons. The lowest BCUT2D eigenvalue weighted by molar-refractivity contribution is 0.274. The lowest BCUT2D eigenvalue weighted by atomic mass is 10.2. The SMILES string of the molecule is COc1ncc(CO)c(Oc2cc(Cl)cc(C#N)c2)c1Br.COc1ncc(CO)c(Oc2cc(Cl)cc(C#N)c2)c1N. The summed E-state index contributed by atoms with van der Waals surface area (Å²) in [5, 5.41) is 37.3. The fourth-order valence-corrected chi connectivity index (χ4v) is 4.44. The summed E-state index contributed by atoms with van der Waals surface area (Å²) in [5.74, 6) is 1.79. The molecule has 0 aliphatic heterocycles. The second-order valence-electron chi connectivity index (χ2n) is 8.07. The molecule has 0 fully saturated rings. The number of halogens is 3. The van der Waals surface area contributed by atoms with E-state index in [-0.39, 0.29) is 30.5 Å². The van der Waals surface area contributed by atoms with Gasteiger partial charge in [0.2, 0.25) is 11.8 Å². The first-order valence-corrected chi connectivity index (χ1v) is 13.2. The molecule has 0 amide bonds. The number of aliphatic hydroxyl groups excluding tert-OH is 2. The number of hydrogen-bond acceptors (Lipinski definition) is 11. The van der Waals surface area contributed by atoms with Crippen LogP contribution in [0.1, 0.15) is 22.3 Å². The van der Waals surface area contributed by atoms with Crippen molar-refractivity contribution >= 4 is 44.8 Å². The largest absolute Gasteiger partial charge is 0.480 e. The van der Waals surface area contributed by atoms with E-state index in [1.54, 1.807) is 12.1 Å². The molecule has 0 saturated carbocycles. The second kappa shape index (κ2) is 15.1. The van der Waals surface area contributed by atoms with Gasteiger partial charge in [-0.3, -0.25) is 0 Å². The monoisotopic (exact) mass is 673 g/mol. The predicted octanol–water partition coefficient (Wildman–Crippen LogP) is 6.14. The summed E-state index contributed by atoms with van der Waals surface area (Å²) in [7, 11) is 2.90. The van der Waals surface area contributed by atoms with Crippen molar-refractivity contribution in [2.75, 3.05) is 20.0 Å². The van der Waals surface area contributed by atoms with Crippen LogP contribution in [0.5, 0.6) is 34.8 Å². The van der Waals surface area contributed by atoms with Crippen molar-refractivity contribution in [3.63, 3.8) is 0 Å². The third kappa shape index (κ3) is 7.91. The Labute approximate surface area is 259 Å². The average Bonchev–Trinajstić information content (AvgIpc) is 2.98. The lowest BCUT2D eigenvalue weighted by Crippen LogP contribution is -2.02. The molecular weight excluding hydrogens is 653 g/mol. The van der Waals surface area contributed by atoms with Crippen LogP contribution in [0.15, 0.2) is 53.3 Å². The highest BCUT2D eigenvalue weighted by atomic mass is 79.9. The molecule has 0 aliphatic carbocycles. The van der Waals surface area contributed by atoms with Gasteiger partial charge in [0.1, 0.15) is 21.7 Å². The van der Waals surface area contributed by atoms with Crippen molar-refractivity contribution in [2.24, 2.45) is 0 Å². The van der Waals surface area contributed by atoms with Gasteiger partial charge in [-0.05, 0) is 52.3 Å². The van der Waals surface area contributed by atoms with E-state index in [1.807, 2.05) is 12.1 Å². The van der Waals surface area contributed by atoms with Gasteiger partial charge < -0.3 is 34.9 Å². The maximum absolute atomic E-state index is 9.38. The van der Waals surface area contributed by atoms with Gasteiger partial charge >= 0.3 is 0 Å². The highest BCUT2D eigenvalue weighted by Gasteiger charge is 2.17. The summed E-state index contributed by atoms with van der Waals surface area (Å²) in [4.78, 5) is 7.99. The molecule has 0 saturated heterocycles. The number of benzene rings is 2. The number of ether oxygens (including phenoxy) is 4. The van der Waals surface area contributed by atoms with Crippen molar-refractivity contribution in [3.05, 3.63) is 85.6 Å². The Balaban J connectivity index is 0.000000230. The third-order valence-electron chi connectivity index (χ3n) is 5.29. The van der Waals surface area contributed by atoms with E-state index in [9.17, 15) is 10.2 Å². The van der Waals surface area contributed by atoms with Crippen molar-refractivity contribution in [2.45, 2.75) is 13.2 Å². The lowest BCUT2D eigenvalue weighted by Gasteiger charge is -2.14. The maximum Gasteiger partial charge on any atom is 0.240 e. The smallest absolute Gasteiger partial charge is 0.240 e. The van der Waals surface area contributed by atoms with Crippen LogP contribution in [-0.2, 0) is 13.2 Å². The Morgan fingerprint density at radius 1 is 0.786 bits per heavy atom. The number of nitriles is 2. The van der Waals surface area contributed by atoms with E-state index in [0.29, 0.717) is 59.9 Å². The number of pyridine rings is 2. The first-order chi connectivity index (χ1) is 20.2. The molecule has 4 aromatic rings. The Morgan fingerprint density at radius 3 is 1.69 bits per heavy atom. The molecule has 2 heterocycles. The summed E-state index contributed by atoms with van der Waals surface area (Å²) in [5.41, 5.74) is 7.65. The molecule has 0 atom stereocenters. The van der Waals surface area contributed by atoms with Crippen LogP contribution in [0.25, 0.3) is 0 Å². The number of nitrogen functional groups attached to an aromatic ring is 1. The highest BCUT2D eigenvalue weighted by Crippen LogP contribution is 2.39. The zero-order valence-electron chi connectivity index (χ0n) is 22.1. The van der Waals surface area contributed by atoms with Crippen molar-refractivity contribution in [1.82, 2.24) is 9.97 Å². The van der Waals surface area contributed by atoms with Gasteiger partial charge in [0.05, 0.1) is 50.7 Å². The van der Waals surface area contributed by atoms with Gasteiger partial charge in [-0.25, -0.2) is 9.97 Å². The predicted molar refractivity (Wildman–Crippen MR) is 158 cm³/mol. The van der Waals surface area contributed by atoms with Crippen LogP contribution in [0.4, 0.5) is 5.69 Å². The van der Waals surface area contributed by atoms with Gasteiger partial charge in [-0.1, -0.05) is 23.2 Å². The number of anilines is 1. The molecule has 4 rings (SSSR count). The second-order valence-corrected chi connectivity index (χ2v) is 9.73. The fraction of sp³-hybridized carbons (Fsp3) is 0.143. The van der Waals surface area contributed by atoms with E-state index in [4.69, 9.17) is 58.4 Å². The minimum Gasteiger partial charge on any atom is -0.480 e. The van der Waals surface area contributed by atoms with Gasteiger partial charge in [0, 0.05) is 33.6 Å². The highest BCUT2D eigenvalue weighted by molar-refractivity contribution is 9.10. The summed E-state index contributed by atoms with van der Waals surface area (Å²) < 4.78 is 22.0. The van der Waals surface area contributed by atoms with Gasteiger partial charge in [-0.15, -0.1) is 0 Å². The summed E-state index contributed by atoms with van der Waals surface area (Å²) in [6, 6.07) is 13.2. The quantitative estimate of drug-likeness (QED) is 0.195. The Kier molecular flexibility index (Phi) is 11.6. The third-order valence-corrected chi connectivity index (χ3v) is 6.42. The molecule has 11 nitrogen and oxygen atoms in total. The van der Waals surface area contributed by atoms with Crippen LogP contribution in [0.3, 0.4) is 0 Å². The van der Waals surface area contributed by atoms with Crippen LogP contribution >= 0.6 is 39.1 Å². The molecule has 0 spiro atoms. The zero-order chi connectivity index (χ0) is 30.8. The number of rotatable bonds is 8. The minimum absolute atomic E-state index is 0.155. The van der Waals surface area contributed by atoms with Gasteiger partial charge in [0.15, 0.2) is 11.5 Å².